The summed E-state index contributed by atoms with van der Waals surface area (Å²) in [4.78, 5) is 38.9. The molecule has 3 heterocycles. The largest absolute Gasteiger partial charge is 0.338 e. The summed E-state index contributed by atoms with van der Waals surface area (Å²) in [6.45, 7) is 5.67. The van der Waals surface area contributed by atoms with Gasteiger partial charge in [-0.2, -0.15) is 0 Å². The molecule has 1 aliphatic carbocycles. The molecule has 1 aliphatic heterocycles. The molecule has 0 bridgehead atoms. The number of carbonyl (C=O) groups is 1. The standard InChI is InChI=1S/C21H26N4O2/c1-13(2)14-4-5-18-16(10-14)11-17(20(26)24-18)21(27)25-9-6-15(12-25)19-22-7-3-8-23-19/h3,7-8,11,13-15H,4-6,9-10,12H2,1-2H3,(H,24,26). The highest BCUT2D eigenvalue weighted by Crippen LogP contribution is 2.30. The van der Waals surface area contributed by atoms with Crippen LogP contribution < -0.4 is 5.56 Å². The van der Waals surface area contributed by atoms with Crippen LogP contribution in [0.4, 0.5) is 0 Å². The van der Waals surface area contributed by atoms with Crippen molar-refractivity contribution in [3.63, 3.8) is 0 Å². The number of aromatic nitrogens is 3. The second-order valence-electron chi connectivity index (χ2n) is 8.11. The van der Waals surface area contributed by atoms with Crippen molar-refractivity contribution < 1.29 is 4.79 Å². The molecule has 2 atom stereocenters. The Hall–Kier alpha value is -2.50. The summed E-state index contributed by atoms with van der Waals surface area (Å²) in [6, 6.07) is 3.63. The number of nitrogens with one attached hydrogen (secondary N) is 1. The predicted molar refractivity (Wildman–Crippen MR) is 103 cm³/mol. The van der Waals surface area contributed by atoms with Gasteiger partial charge in [0.1, 0.15) is 11.4 Å². The zero-order valence-electron chi connectivity index (χ0n) is 15.9. The van der Waals surface area contributed by atoms with Crippen molar-refractivity contribution in [2.24, 2.45) is 11.8 Å². The van der Waals surface area contributed by atoms with Crippen LogP contribution in [-0.4, -0.2) is 38.8 Å². The van der Waals surface area contributed by atoms with Crippen LogP contribution in [0.3, 0.4) is 0 Å². The fraction of sp³-hybridized carbons (Fsp3) is 0.524. The Kier molecular flexibility index (Phi) is 4.81. The Morgan fingerprint density at radius 2 is 2.04 bits per heavy atom. The van der Waals surface area contributed by atoms with Gasteiger partial charge >= 0.3 is 0 Å². The summed E-state index contributed by atoms with van der Waals surface area (Å²) < 4.78 is 0. The number of aromatic amines is 1. The molecule has 1 saturated heterocycles. The maximum Gasteiger partial charge on any atom is 0.261 e. The van der Waals surface area contributed by atoms with Gasteiger partial charge in [0, 0.05) is 37.1 Å². The van der Waals surface area contributed by atoms with E-state index in [0.29, 0.717) is 24.9 Å². The minimum absolute atomic E-state index is 0.136. The molecule has 27 heavy (non-hydrogen) atoms. The number of rotatable bonds is 3. The maximum absolute atomic E-state index is 13.0. The fourth-order valence-electron chi connectivity index (χ4n) is 4.31. The highest BCUT2D eigenvalue weighted by Gasteiger charge is 2.31. The van der Waals surface area contributed by atoms with E-state index in [1.165, 1.54) is 0 Å². The molecular weight excluding hydrogens is 340 g/mol. The molecule has 0 aromatic carbocycles. The van der Waals surface area contributed by atoms with Gasteiger partial charge in [0.25, 0.3) is 11.5 Å². The van der Waals surface area contributed by atoms with E-state index in [4.69, 9.17) is 0 Å². The van der Waals surface area contributed by atoms with Crippen molar-refractivity contribution in [2.45, 2.75) is 45.4 Å². The van der Waals surface area contributed by atoms with Crippen LogP contribution in [0.25, 0.3) is 0 Å². The number of nitrogens with zero attached hydrogens (tertiary/aromatic N) is 3. The normalized spacial score (nSPS) is 22.1. The topological polar surface area (TPSA) is 79.0 Å². The Balaban J connectivity index is 1.54. The van der Waals surface area contributed by atoms with E-state index in [1.807, 2.05) is 6.07 Å². The van der Waals surface area contributed by atoms with Gasteiger partial charge in [-0.05, 0) is 55.2 Å². The van der Waals surface area contributed by atoms with E-state index in [9.17, 15) is 9.59 Å². The number of H-pyrrole nitrogens is 1. The molecule has 2 aromatic rings. The van der Waals surface area contributed by atoms with E-state index in [1.54, 1.807) is 23.4 Å². The molecule has 1 N–H and O–H groups in total. The van der Waals surface area contributed by atoms with Gasteiger partial charge < -0.3 is 9.88 Å². The number of hydrogen-bond donors (Lipinski definition) is 1. The monoisotopic (exact) mass is 366 g/mol. The van der Waals surface area contributed by atoms with Crippen LogP contribution in [0.2, 0.25) is 0 Å². The molecule has 1 fully saturated rings. The summed E-state index contributed by atoms with van der Waals surface area (Å²) in [5, 5.41) is 0. The van der Waals surface area contributed by atoms with Gasteiger partial charge in [-0.15, -0.1) is 0 Å². The van der Waals surface area contributed by atoms with Gasteiger partial charge in [0.2, 0.25) is 0 Å². The molecule has 142 valence electrons. The molecule has 6 heteroatoms. The van der Waals surface area contributed by atoms with Crippen molar-refractivity contribution in [2.75, 3.05) is 13.1 Å². The second kappa shape index (κ2) is 7.25. The third kappa shape index (κ3) is 3.53. The van der Waals surface area contributed by atoms with E-state index < -0.39 is 0 Å². The summed E-state index contributed by atoms with van der Waals surface area (Å²) in [5.74, 6) is 1.94. The van der Waals surface area contributed by atoms with Gasteiger partial charge in [-0.1, -0.05) is 13.8 Å². The van der Waals surface area contributed by atoms with E-state index in [2.05, 4.69) is 28.8 Å². The van der Waals surface area contributed by atoms with Gasteiger partial charge in [-0.25, -0.2) is 9.97 Å². The highest BCUT2D eigenvalue weighted by molar-refractivity contribution is 5.94. The average molecular weight is 366 g/mol. The van der Waals surface area contributed by atoms with Gasteiger partial charge in [0.15, 0.2) is 0 Å². The Morgan fingerprint density at radius 3 is 2.78 bits per heavy atom. The van der Waals surface area contributed by atoms with Gasteiger partial charge in [0.05, 0.1) is 0 Å². The number of likely N-dealkylation sites (tertiary alicyclic amines) is 1. The minimum Gasteiger partial charge on any atom is -0.338 e. The molecule has 6 nitrogen and oxygen atoms in total. The Morgan fingerprint density at radius 1 is 1.26 bits per heavy atom. The molecule has 0 radical (unpaired) electrons. The van der Waals surface area contributed by atoms with Crippen LogP contribution in [0, 0.1) is 11.8 Å². The van der Waals surface area contributed by atoms with Crippen LogP contribution in [0.15, 0.2) is 29.3 Å². The summed E-state index contributed by atoms with van der Waals surface area (Å²) >= 11 is 0. The number of pyridine rings is 1. The van der Waals surface area contributed by atoms with Crippen LogP contribution >= 0.6 is 0 Å². The van der Waals surface area contributed by atoms with Crippen molar-refractivity contribution in [1.82, 2.24) is 19.9 Å². The van der Waals surface area contributed by atoms with E-state index in [-0.39, 0.29) is 22.9 Å². The van der Waals surface area contributed by atoms with Crippen molar-refractivity contribution >= 4 is 5.91 Å². The lowest BCUT2D eigenvalue weighted by Crippen LogP contribution is -2.34. The van der Waals surface area contributed by atoms with Crippen LogP contribution in [0.5, 0.6) is 0 Å². The van der Waals surface area contributed by atoms with Crippen LogP contribution in [-0.2, 0) is 12.8 Å². The lowest BCUT2D eigenvalue weighted by molar-refractivity contribution is 0.0788. The summed E-state index contributed by atoms with van der Waals surface area (Å²) in [7, 11) is 0. The zero-order valence-corrected chi connectivity index (χ0v) is 15.9. The van der Waals surface area contributed by atoms with Crippen molar-refractivity contribution in [3.05, 3.63) is 57.5 Å². The summed E-state index contributed by atoms with van der Waals surface area (Å²) in [5.41, 5.74) is 2.14. The smallest absolute Gasteiger partial charge is 0.261 e. The number of carbonyl (C=O) groups excluding carboxylic acids is 1. The number of aryl methyl sites for hydroxylation is 1. The fourth-order valence-corrected chi connectivity index (χ4v) is 4.31. The molecule has 2 unspecified atom stereocenters. The molecule has 0 spiro atoms. The number of hydrogen-bond acceptors (Lipinski definition) is 4. The molecule has 4 rings (SSSR count). The van der Waals surface area contributed by atoms with Crippen molar-refractivity contribution in [3.8, 4) is 0 Å². The van der Waals surface area contributed by atoms with Crippen molar-refractivity contribution in [1.29, 1.82) is 0 Å². The first-order chi connectivity index (χ1) is 13.0. The Bertz CT molecular complexity index is 891. The third-order valence-electron chi connectivity index (χ3n) is 6.06. The quantitative estimate of drug-likeness (QED) is 0.905. The lowest BCUT2D eigenvalue weighted by atomic mass is 9.80. The lowest BCUT2D eigenvalue weighted by Gasteiger charge is -2.27. The van der Waals surface area contributed by atoms with Crippen LogP contribution in [0.1, 0.15) is 60.0 Å². The summed E-state index contributed by atoms with van der Waals surface area (Å²) in [6.07, 6.45) is 7.20. The predicted octanol–water partition coefficient (Wildman–Crippen LogP) is 2.56. The Labute approximate surface area is 159 Å². The maximum atomic E-state index is 13.0. The molecule has 2 aromatic heterocycles. The van der Waals surface area contributed by atoms with E-state index >= 15 is 0 Å². The molecule has 2 aliphatic rings. The SMILES string of the molecule is CC(C)C1CCc2[nH]c(=O)c(C(=O)N3CCC(c4ncccn4)C3)cc2C1. The minimum atomic E-state index is -0.263. The van der Waals surface area contributed by atoms with E-state index in [0.717, 1.165) is 42.8 Å². The molecule has 1 amide bonds. The number of amides is 1. The molecular formula is C21H26N4O2. The first-order valence-corrected chi connectivity index (χ1v) is 9.84. The average Bonchev–Trinajstić information content (AvgIpc) is 3.17. The first kappa shape index (κ1) is 17.9. The zero-order chi connectivity index (χ0) is 19.0. The molecule has 0 saturated carbocycles. The van der Waals surface area contributed by atoms with Gasteiger partial charge in [-0.3, -0.25) is 9.59 Å². The number of fused-ring (bicyclic) bond motifs is 1. The third-order valence-corrected chi connectivity index (χ3v) is 6.06. The highest BCUT2D eigenvalue weighted by atomic mass is 16.2. The second-order valence-corrected chi connectivity index (χ2v) is 8.11. The first-order valence-electron chi connectivity index (χ1n) is 9.84.